The third-order valence-electron chi connectivity index (χ3n) is 4.18. The first-order valence-electron chi connectivity index (χ1n) is 8.25. The minimum Gasteiger partial charge on any atom is -0.497 e. The zero-order valence-corrected chi connectivity index (χ0v) is 14.5. The summed E-state index contributed by atoms with van der Waals surface area (Å²) in [6.07, 6.45) is 1.39. The maximum Gasteiger partial charge on any atom is 0.423 e. The molecule has 0 radical (unpaired) electrons. The average molecular weight is 361 g/mol. The van der Waals surface area contributed by atoms with E-state index in [9.17, 15) is 9.59 Å². The zero-order valence-electron chi connectivity index (χ0n) is 14.5. The van der Waals surface area contributed by atoms with Crippen LogP contribution >= 0.6 is 0 Å². The van der Waals surface area contributed by atoms with Gasteiger partial charge < -0.3 is 9.15 Å². The predicted octanol–water partition coefficient (Wildman–Crippen LogP) is 2.47. The lowest BCUT2D eigenvalue weighted by Crippen LogP contribution is -2.26. The lowest BCUT2D eigenvalue weighted by atomic mass is 10.2. The Bertz CT molecular complexity index is 1210. The van der Waals surface area contributed by atoms with Gasteiger partial charge in [-0.1, -0.05) is 42.5 Å². The summed E-state index contributed by atoms with van der Waals surface area (Å²) in [4.78, 5) is 33.1. The molecule has 0 saturated carbocycles. The van der Waals surface area contributed by atoms with E-state index in [2.05, 4.69) is 9.97 Å². The van der Waals surface area contributed by atoms with Crippen LogP contribution in [0.25, 0.3) is 22.4 Å². The van der Waals surface area contributed by atoms with Crippen LogP contribution in [-0.2, 0) is 6.54 Å². The van der Waals surface area contributed by atoms with Crippen LogP contribution in [0.15, 0.2) is 74.8 Å². The van der Waals surface area contributed by atoms with Crippen LogP contribution in [-0.4, -0.2) is 21.6 Å². The molecule has 0 N–H and O–H groups in total. The van der Waals surface area contributed by atoms with Gasteiger partial charge in [0.05, 0.1) is 13.7 Å². The summed E-state index contributed by atoms with van der Waals surface area (Å²) >= 11 is 0. The van der Waals surface area contributed by atoms with E-state index in [0.717, 1.165) is 11.1 Å². The quantitative estimate of drug-likeness (QED) is 0.555. The summed E-state index contributed by atoms with van der Waals surface area (Å²) in [6.45, 7) is 0.203. The minimum atomic E-state index is -0.763. The number of hydrogen-bond donors (Lipinski definition) is 0. The molecular weight excluding hydrogens is 346 g/mol. The van der Waals surface area contributed by atoms with Gasteiger partial charge in [-0.2, -0.15) is 0 Å². The number of benzene rings is 2. The van der Waals surface area contributed by atoms with Gasteiger partial charge in [-0.15, -0.1) is 0 Å². The van der Waals surface area contributed by atoms with E-state index in [0.29, 0.717) is 11.6 Å². The van der Waals surface area contributed by atoms with E-state index in [1.807, 2.05) is 42.5 Å². The molecule has 2 aromatic heterocycles. The molecule has 0 amide bonds. The fraction of sp³-hybridized carbons (Fsp3) is 0.100. The molecule has 134 valence electrons. The van der Waals surface area contributed by atoms with Crippen molar-refractivity contribution in [2.45, 2.75) is 6.54 Å². The van der Waals surface area contributed by atoms with Crippen LogP contribution in [0.3, 0.4) is 0 Å². The Labute approximate surface area is 153 Å². The maximum atomic E-state index is 12.3. The Morgan fingerprint density at radius 2 is 1.78 bits per heavy atom. The van der Waals surface area contributed by atoms with Gasteiger partial charge in [0.15, 0.2) is 11.5 Å². The summed E-state index contributed by atoms with van der Waals surface area (Å²) in [5, 5.41) is 0.155. The van der Waals surface area contributed by atoms with Crippen LogP contribution in [0.2, 0.25) is 0 Å². The van der Waals surface area contributed by atoms with Gasteiger partial charge in [-0.3, -0.25) is 4.57 Å². The Kier molecular flexibility index (Phi) is 4.25. The van der Waals surface area contributed by atoms with Crippen molar-refractivity contribution in [3.8, 4) is 17.1 Å². The van der Waals surface area contributed by atoms with Crippen LogP contribution in [0.4, 0.5) is 0 Å². The first-order valence-corrected chi connectivity index (χ1v) is 8.25. The number of nitrogens with zero attached hydrogens (tertiary/aromatic N) is 3. The molecule has 27 heavy (non-hydrogen) atoms. The molecule has 0 spiro atoms. The highest BCUT2D eigenvalue weighted by Gasteiger charge is 2.14. The molecule has 0 saturated heterocycles. The van der Waals surface area contributed by atoms with E-state index < -0.39 is 11.4 Å². The standard InChI is InChI=1S/C20H15N3O4/c1-26-15-9-7-13(8-10-15)12-23-18-16(19(24)27-20(23)25)11-21-17(22-18)14-5-3-2-4-6-14/h2-11H,12H2,1H3. The largest absolute Gasteiger partial charge is 0.497 e. The fourth-order valence-corrected chi connectivity index (χ4v) is 2.78. The Hall–Kier alpha value is -3.74. The summed E-state index contributed by atoms with van der Waals surface area (Å²) < 4.78 is 11.3. The SMILES string of the molecule is COc1ccc(Cn2c(=O)oc(=O)c3cnc(-c4ccccc4)nc32)cc1. The van der Waals surface area contributed by atoms with Crippen molar-refractivity contribution < 1.29 is 9.15 Å². The van der Waals surface area contributed by atoms with Gasteiger partial charge >= 0.3 is 11.4 Å². The van der Waals surface area contributed by atoms with Gasteiger partial charge in [0.25, 0.3) is 0 Å². The molecule has 0 aliphatic carbocycles. The molecule has 7 nitrogen and oxygen atoms in total. The normalized spacial score (nSPS) is 10.9. The molecular formula is C20H15N3O4. The van der Waals surface area contributed by atoms with Gasteiger partial charge in [0, 0.05) is 11.8 Å². The van der Waals surface area contributed by atoms with Crippen molar-refractivity contribution in [3.05, 3.63) is 87.3 Å². The summed E-state index contributed by atoms with van der Waals surface area (Å²) in [5.41, 5.74) is 1.12. The molecule has 2 heterocycles. The molecule has 0 fully saturated rings. The van der Waals surface area contributed by atoms with Crippen molar-refractivity contribution in [1.82, 2.24) is 14.5 Å². The smallest absolute Gasteiger partial charge is 0.423 e. The summed E-state index contributed by atoms with van der Waals surface area (Å²) in [7, 11) is 1.58. The van der Waals surface area contributed by atoms with Crippen molar-refractivity contribution >= 4 is 11.0 Å². The predicted molar refractivity (Wildman–Crippen MR) is 99.9 cm³/mol. The van der Waals surface area contributed by atoms with E-state index in [-0.39, 0.29) is 17.6 Å². The first kappa shape index (κ1) is 16.7. The Morgan fingerprint density at radius 3 is 2.48 bits per heavy atom. The van der Waals surface area contributed by atoms with Crippen molar-refractivity contribution in [2.75, 3.05) is 7.11 Å². The minimum absolute atomic E-state index is 0.155. The van der Waals surface area contributed by atoms with E-state index in [1.54, 1.807) is 19.2 Å². The molecule has 0 aliphatic rings. The van der Waals surface area contributed by atoms with Crippen molar-refractivity contribution in [1.29, 1.82) is 0 Å². The number of hydrogen-bond acceptors (Lipinski definition) is 6. The molecule has 0 bridgehead atoms. The summed E-state index contributed by atoms with van der Waals surface area (Å²) in [5.74, 6) is 0.377. The highest BCUT2D eigenvalue weighted by atomic mass is 16.5. The number of ether oxygens (including phenoxy) is 1. The van der Waals surface area contributed by atoms with Crippen molar-refractivity contribution in [3.63, 3.8) is 0 Å². The number of rotatable bonds is 4. The molecule has 7 heteroatoms. The lowest BCUT2D eigenvalue weighted by Gasteiger charge is -2.09. The molecule has 0 unspecified atom stereocenters. The second-order valence-electron chi connectivity index (χ2n) is 5.89. The molecule has 0 aliphatic heterocycles. The Balaban J connectivity index is 1.87. The number of aromatic nitrogens is 3. The average Bonchev–Trinajstić information content (AvgIpc) is 2.72. The van der Waals surface area contributed by atoms with E-state index >= 15 is 0 Å². The maximum absolute atomic E-state index is 12.3. The lowest BCUT2D eigenvalue weighted by molar-refractivity contribution is 0.414. The van der Waals surface area contributed by atoms with Gasteiger partial charge in [0.2, 0.25) is 0 Å². The molecule has 0 atom stereocenters. The number of methoxy groups -OCH3 is 1. The zero-order chi connectivity index (χ0) is 18.8. The van der Waals surface area contributed by atoms with Crippen LogP contribution in [0.5, 0.6) is 5.75 Å². The van der Waals surface area contributed by atoms with Gasteiger partial charge in [-0.25, -0.2) is 19.6 Å². The third-order valence-corrected chi connectivity index (χ3v) is 4.18. The van der Waals surface area contributed by atoms with E-state index in [4.69, 9.17) is 9.15 Å². The van der Waals surface area contributed by atoms with Gasteiger partial charge in [0.1, 0.15) is 11.1 Å². The van der Waals surface area contributed by atoms with Crippen molar-refractivity contribution in [2.24, 2.45) is 0 Å². The topological polar surface area (TPSA) is 87.2 Å². The monoisotopic (exact) mass is 361 g/mol. The molecule has 2 aromatic carbocycles. The molecule has 4 rings (SSSR count). The van der Waals surface area contributed by atoms with E-state index in [1.165, 1.54) is 10.8 Å². The first-order chi connectivity index (χ1) is 13.2. The Morgan fingerprint density at radius 1 is 1.04 bits per heavy atom. The van der Waals surface area contributed by atoms with Crippen LogP contribution in [0.1, 0.15) is 5.56 Å². The second kappa shape index (κ2) is 6.87. The number of fused-ring (bicyclic) bond motifs is 1. The summed E-state index contributed by atoms with van der Waals surface area (Å²) in [6, 6.07) is 16.6. The third kappa shape index (κ3) is 3.22. The fourth-order valence-electron chi connectivity index (χ4n) is 2.78. The highest BCUT2D eigenvalue weighted by molar-refractivity contribution is 5.74. The highest BCUT2D eigenvalue weighted by Crippen LogP contribution is 2.17. The molecule has 4 aromatic rings. The van der Waals surface area contributed by atoms with Crippen LogP contribution < -0.4 is 16.1 Å². The van der Waals surface area contributed by atoms with Crippen LogP contribution in [0, 0.1) is 0 Å². The van der Waals surface area contributed by atoms with Gasteiger partial charge in [-0.05, 0) is 17.7 Å². The second-order valence-corrected chi connectivity index (χ2v) is 5.89.